The summed E-state index contributed by atoms with van der Waals surface area (Å²) in [5.41, 5.74) is 1.10. The highest BCUT2D eigenvalue weighted by molar-refractivity contribution is 7.22. The third kappa shape index (κ3) is 4.70. The highest BCUT2D eigenvalue weighted by Crippen LogP contribution is 2.33. The van der Waals surface area contributed by atoms with E-state index in [9.17, 15) is 4.39 Å². The SMILES string of the molecule is CN(c1nc2ccccc2s1)C1CCN(C2CCC(Oc3ccc(F)cc3)CC2)CC1. The van der Waals surface area contributed by atoms with Crippen molar-refractivity contribution in [3.8, 4) is 5.75 Å². The number of nitrogens with zero attached hydrogens (tertiary/aromatic N) is 3. The number of para-hydroxylation sites is 1. The number of fused-ring (bicyclic) bond motifs is 1. The number of thiazole rings is 1. The third-order valence-corrected chi connectivity index (χ3v) is 8.03. The Balaban J connectivity index is 1.10. The van der Waals surface area contributed by atoms with Gasteiger partial charge in [-0.15, -0.1) is 0 Å². The summed E-state index contributed by atoms with van der Waals surface area (Å²) in [7, 11) is 2.20. The average Bonchev–Trinajstić information content (AvgIpc) is 3.25. The second-order valence-corrected chi connectivity index (χ2v) is 9.85. The van der Waals surface area contributed by atoms with Crippen LogP contribution >= 0.6 is 11.3 Å². The Morgan fingerprint density at radius 3 is 2.39 bits per heavy atom. The van der Waals surface area contributed by atoms with E-state index in [1.165, 1.54) is 42.5 Å². The molecule has 1 aliphatic carbocycles. The number of benzene rings is 2. The Hall–Kier alpha value is -2.18. The summed E-state index contributed by atoms with van der Waals surface area (Å²) < 4.78 is 20.4. The molecule has 2 aromatic carbocycles. The Morgan fingerprint density at radius 1 is 0.968 bits per heavy atom. The van der Waals surface area contributed by atoms with Gasteiger partial charge in [0.05, 0.1) is 16.3 Å². The molecule has 6 heteroatoms. The van der Waals surface area contributed by atoms with E-state index in [-0.39, 0.29) is 11.9 Å². The molecule has 2 aliphatic rings. The predicted molar refractivity (Wildman–Crippen MR) is 126 cm³/mol. The highest BCUT2D eigenvalue weighted by Gasteiger charge is 2.31. The van der Waals surface area contributed by atoms with Crippen molar-refractivity contribution < 1.29 is 9.13 Å². The number of anilines is 1. The van der Waals surface area contributed by atoms with Crippen LogP contribution < -0.4 is 9.64 Å². The van der Waals surface area contributed by atoms with Crippen LogP contribution in [-0.4, -0.2) is 48.2 Å². The van der Waals surface area contributed by atoms with E-state index in [4.69, 9.17) is 9.72 Å². The summed E-state index contributed by atoms with van der Waals surface area (Å²) in [5.74, 6) is 0.566. The van der Waals surface area contributed by atoms with Gasteiger partial charge in [-0.3, -0.25) is 0 Å². The fourth-order valence-corrected chi connectivity index (χ4v) is 6.04. The quantitative estimate of drug-likeness (QED) is 0.508. The lowest BCUT2D eigenvalue weighted by molar-refractivity contribution is 0.0733. The maximum atomic E-state index is 13.1. The second kappa shape index (κ2) is 9.13. The predicted octanol–water partition coefficient (Wildman–Crippen LogP) is 5.73. The fourth-order valence-electron chi connectivity index (χ4n) is 5.04. The minimum Gasteiger partial charge on any atom is -0.490 e. The Morgan fingerprint density at radius 2 is 1.68 bits per heavy atom. The molecule has 164 valence electrons. The molecule has 1 saturated carbocycles. The van der Waals surface area contributed by atoms with Gasteiger partial charge in [-0.05, 0) is 74.9 Å². The third-order valence-electron chi connectivity index (χ3n) is 6.91. The largest absolute Gasteiger partial charge is 0.490 e. The maximum absolute atomic E-state index is 13.1. The second-order valence-electron chi connectivity index (χ2n) is 8.84. The van der Waals surface area contributed by atoms with Crippen molar-refractivity contribution in [1.82, 2.24) is 9.88 Å². The molecule has 1 aliphatic heterocycles. The number of halogens is 1. The number of likely N-dealkylation sites (tertiary alicyclic amines) is 1. The van der Waals surface area contributed by atoms with Gasteiger partial charge in [0.25, 0.3) is 0 Å². The molecule has 1 aromatic heterocycles. The van der Waals surface area contributed by atoms with E-state index in [1.54, 1.807) is 23.5 Å². The van der Waals surface area contributed by atoms with Crippen LogP contribution in [0.2, 0.25) is 0 Å². The number of hydrogen-bond acceptors (Lipinski definition) is 5. The van der Waals surface area contributed by atoms with Crippen LogP contribution in [0, 0.1) is 5.82 Å². The molecule has 0 radical (unpaired) electrons. The molecule has 2 fully saturated rings. The number of aromatic nitrogens is 1. The van der Waals surface area contributed by atoms with Crippen LogP contribution in [0.3, 0.4) is 0 Å². The van der Waals surface area contributed by atoms with Crippen LogP contribution in [0.1, 0.15) is 38.5 Å². The first-order valence-corrected chi connectivity index (χ1v) is 12.2. The molecular formula is C25H30FN3OS. The van der Waals surface area contributed by atoms with Gasteiger partial charge in [0.15, 0.2) is 5.13 Å². The molecule has 2 heterocycles. The molecule has 1 saturated heterocycles. The first-order chi connectivity index (χ1) is 15.2. The monoisotopic (exact) mass is 439 g/mol. The van der Waals surface area contributed by atoms with Crippen LogP contribution in [0.15, 0.2) is 48.5 Å². The van der Waals surface area contributed by atoms with E-state index in [2.05, 4.69) is 41.1 Å². The molecule has 0 bridgehead atoms. The molecule has 0 unspecified atom stereocenters. The van der Waals surface area contributed by atoms with E-state index in [0.717, 1.165) is 42.3 Å². The molecule has 0 N–H and O–H groups in total. The van der Waals surface area contributed by atoms with Gasteiger partial charge in [-0.1, -0.05) is 23.5 Å². The summed E-state index contributed by atoms with van der Waals surface area (Å²) in [5, 5.41) is 1.14. The topological polar surface area (TPSA) is 28.6 Å². The van der Waals surface area contributed by atoms with Crippen molar-refractivity contribution in [3.63, 3.8) is 0 Å². The van der Waals surface area contributed by atoms with Gasteiger partial charge < -0.3 is 14.5 Å². The molecule has 0 atom stereocenters. The minimum absolute atomic E-state index is 0.215. The Bertz CT molecular complexity index is 958. The van der Waals surface area contributed by atoms with Gasteiger partial charge in [-0.2, -0.15) is 0 Å². The summed E-state index contributed by atoms with van der Waals surface area (Å²) >= 11 is 1.80. The molecular weight excluding hydrogens is 409 g/mol. The summed E-state index contributed by atoms with van der Waals surface area (Å²) in [6, 6.07) is 16.0. The van der Waals surface area contributed by atoms with Crippen molar-refractivity contribution in [2.45, 2.75) is 56.7 Å². The van der Waals surface area contributed by atoms with Crippen molar-refractivity contribution in [1.29, 1.82) is 0 Å². The number of ether oxygens (including phenoxy) is 1. The molecule has 3 aromatic rings. The zero-order valence-electron chi connectivity index (χ0n) is 18.0. The number of rotatable bonds is 5. The highest BCUT2D eigenvalue weighted by atomic mass is 32.1. The fraction of sp³-hybridized carbons (Fsp3) is 0.480. The van der Waals surface area contributed by atoms with E-state index < -0.39 is 0 Å². The van der Waals surface area contributed by atoms with Crippen molar-refractivity contribution in [2.24, 2.45) is 0 Å². The lowest BCUT2D eigenvalue weighted by Gasteiger charge is -2.42. The van der Waals surface area contributed by atoms with Crippen LogP contribution in [0.4, 0.5) is 9.52 Å². The summed E-state index contributed by atoms with van der Waals surface area (Å²) in [4.78, 5) is 9.93. The normalized spacial score (nSPS) is 23.2. The summed E-state index contributed by atoms with van der Waals surface area (Å²) in [6.45, 7) is 2.32. The van der Waals surface area contributed by atoms with Crippen molar-refractivity contribution in [2.75, 3.05) is 25.0 Å². The molecule has 0 amide bonds. The van der Waals surface area contributed by atoms with Crippen LogP contribution in [0.5, 0.6) is 5.75 Å². The summed E-state index contributed by atoms with van der Waals surface area (Å²) in [6.07, 6.45) is 7.16. The average molecular weight is 440 g/mol. The lowest BCUT2D eigenvalue weighted by atomic mass is 9.90. The van der Waals surface area contributed by atoms with Crippen molar-refractivity contribution >= 4 is 26.7 Å². The van der Waals surface area contributed by atoms with Gasteiger partial charge >= 0.3 is 0 Å². The zero-order chi connectivity index (χ0) is 21.2. The maximum Gasteiger partial charge on any atom is 0.186 e. The molecule has 0 spiro atoms. The van der Waals surface area contributed by atoms with E-state index in [1.807, 2.05) is 0 Å². The molecule has 5 rings (SSSR count). The first-order valence-electron chi connectivity index (χ1n) is 11.4. The van der Waals surface area contributed by atoms with Crippen LogP contribution in [-0.2, 0) is 0 Å². The van der Waals surface area contributed by atoms with Crippen LogP contribution in [0.25, 0.3) is 10.2 Å². The minimum atomic E-state index is -0.215. The van der Waals surface area contributed by atoms with Crippen molar-refractivity contribution in [3.05, 3.63) is 54.3 Å². The molecule has 4 nitrogen and oxygen atoms in total. The number of piperidine rings is 1. The van der Waals surface area contributed by atoms with E-state index >= 15 is 0 Å². The van der Waals surface area contributed by atoms with Gasteiger partial charge in [0.1, 0.15) is 11.6 Å². The smallest absolute Gasteiger partial charge is 0.186 e. The lowest BCUT2D eigenvalue weighted by Crippen LogP contribution is -2.48. The van der Waals surface area contributed by atoms with Gasteiger partial charge in [0, 0.05) is 32.2 Å². The zero-order valence-corrected chi connectivity index (χ0v) is 18.9. The Kier molecular flexibility index (Phi) is 6.10. The van der Waals surface area contributed by atoms with E-state index in [0.29, 0.717) is 12.1 Å². The number of hydrogen-bond donors (Lipinski definition) is 0. The van der Waals surface area contributed by atoms with Gasteiger partial charge in [0.2, 0.25) is 0 Å². The molecule has 31 heavy (non-hydrogen) atoms. The Labute approximate surface area is 187 Å². The van der Waals surface area contributed by atoms with Gasteiger partial charge in [-0.25, -0.2) is 9.37 Å². The standard InChI is InChI=1S/C25H30FN3OS/c1-28(25-27-23-4-2-3-5-24(23)31-25)19-14-16-29(17-15-19)20-8-12-22(13-9-20)30-21-10-6-18(26)7-11-21/h2-7,10-11,19-20,22H,8-9,12-17H2,1H3. The first kappa shape index (κ1) is 20.7.